The van der Waals surface area contributed by atoms with Crippen LogP contribution in [0.25, 0.3) is 16.9 Å². The molecule has 0 fully saturated rings. The van der Waals surface area contributed by atoms with Crippen molar-refractivity contribution in [2.45, 2.75) is 13.3 Å². The molecule has 0 aliphatic rings. The van der Waals surface area contributed by atoms with Gasteiger partial charge in [-0.1, -0.05) is 37.3 Å². The Kier molecular flexibility index (Phi) is 2.98. The lowest BCUT2D eigenvalue weighted by atomic mass is 10.1. The molecule has 2 heterocycles. The Morgan fingerprint density at radius 3 is 2.60 bits per heavy atom. The summed E-state index contributed by atoms with van der Waals surface area (Å²) >= 11 is 0. The zero-order valence-electron chi connectivity index (χ0n) is 11.4. The van der Waals surface area contributed by atoms with Crippen LogP contribution in [0.3, 0.4) is 0 Å². The van der Waals surface area contributed by atoms with Crippen LogP contribution in [-0.4, -0.2) is 26.7 Å². The van der Waals surface area contributed by atoms with Crippen LogP contribution in [-0.2, 0) is 6.42 Å². The maximum Gasteiger partial charge on any atom is 0.225 e. The summed E-state index contributed by atoms with van der Waals surface area (Å²) in [7, 11) is 1.60. The van der Waals surface area contributed by atoms with Crippen molar-refractivity contribution in [2.75, 3.05) is 12.8 Å². The summed E-state index contributed by atoms with van der Waals surface area (Å²) in [6.45, 7) is 1.98. The number of benzene rings is 1. The smallest absolute Gasteiger partial charge is 0.225 e. The predicted octanol–water partition coefficient (Wildman–Crippen LogP) is 1.94. The monoisotopic (exact) mass is 269 g/mol. The standard InChI is InChI=1S/C14H15N5O/c1-3-10-16-13-12(20-2)11(9-7-5-4-6-8-9)18-19(13)14(15)17-10/h4-8H,3H2,1-2H3,(H2,15,16,17). The van der Waals surface area contributed by atoms with Crippen LogP contribution < -0.4 is 10.5 Å². The number of nitrogens with zero attached hydrogens (tertiary/aromatic N) is 4. The molecule has 0 saturated carbocycles. The fraction of sp³-hybridized carbons (Fsp3) is 0.214. The number of anilines is 1. The van der Waals surface area contributed by atoms with Gasteiger partial charge < -0.3 is 10.5 Å². The van der Waals surface area contributed by atoms with Gasteiger partial charge in [0.25, 0.3) is 0 Å². The molecule has 0 spiro atoms. The summed E-state index contributed by atoms with van der Waals surface area (Å²) in [5.74, 6) is 1.60. The molecular formula is C14H15N5O. The molecule has 6 heteroatoms. The van der Waals surface area contributed by atoms with Crippen molar-refractivity contribution in [3.8, 4) is 17.0 Å². The zero-order valence-corrected chi connectivity index (χ0v) is 11.4. The van der Waals surface area contributed by atoms with Crippen molar-refractivity contribution < 1.29 is 4.74 Å². The summed E-state index contributed by atoms with van der Waals surface area (Å²) in [5.41, 5.74) is 8.20. The van der Waals surface area contributed by atoms with Crippen molar-refractivity contribution in [3.63, 3.8) is 0 Å². The van der Waals surface area contributed by atoms with Crippen molar-refractivity contribution >= 4 is 11.6 Å². The number of ether oxygens (including phenoxy) is 1. The van der Waals surface area contributed by atoms with Gasteiger partial charge in [-0.3, -0.25) is 0 Å². The molecule has 3 rings (SSSR count). The Balaban J connectivity index is 2.32. The van der Waals surface area contributed by atoms with Crippen molar-refractivity contribution in [1.82, 2.24) is 19.6 Å². The minimum atomic E-state index is 0.312. The molecule has 0 aliphatic carbocycles. The van der Waals surface area contributed by atoms with E-state index in [1.54, 1.807) is 7.11 Å². The van der Waals surface area contributed by atoms with Crippen LogP contribution in [0.2, 0.25) is 0 Å². The van der Waals surface area contributed by atoms with Crippen molar-refractivity contribution in [2.24, 2.45) is 0 Å². The van der Waals surface area contributed by atoms with Crippen molar-refractivity contribution in [3.05, 3.63) is 36.2 Å². The molecule has 0 atom stereocenters. The number of hydrogen-bond acceptors (Lipinski definition) is 5. The number of methoxy groups -OCH3 is 1. The van der Waals surface area contributed by atoms with E-state index in [0.717, 1.165) is 5.56 Å². The SMILES string of the molecule is CCc1nc(N)n2nc(-c3ccccc3)c(OC)c2n1. The molecule has 0 bridgehead atoms. The molecule has 0 unspecified atom stereocenters. The molecular weight excluding hydrogens is 254 g/mol. The first-order valence-corrected chi connectivity index (χ1v) is 6.39. The molecule has 2 aromatic heterocycles. The van der Waals surface area contributed by atoms with Gasteiger partial charge in [0, 0.05) is 12.0 Å². The highest BCUT2D eigenvalue weighted by Gasteiger charge is 2.18. The molecule has 0 amide bonds. The van der Waals surface area contributed by atoms with Gasteiger partial charge in [-0.15, -0.1) is 0 Å². The van der Waals surface area contributed by atoms with E-state index >= 15 is 0 Å². The van der Waals surface area contributed by atoms with Gasteiger partial charge in [-0.05, 0) is 0 Å². The second kappa shape index (κ2) is 4.80. The number of rotatable bonds is 3. The highest BCUT2D eigenvalue weighted by atomic mass is 16.5. The Bertz CT molecular complexity index is 751. The van der Waals surface area contributed by atoms with Crippen LogP contribution >= 0.6 is 0 Å². The number of hydrogen-bond donors (Lipinski definition) is 1. The molecule has 6 nitrogen and oxygen atoms in total. The summed E-state index contributed by atoms with van der Waals surface area (Å²) in [5, 5.41) is 4.47. The second-order valence-electron chi connectivity index (χ2n) is 4.33. The van der Waals surface area contributed by atoms with Gasteiger partial charge in [0.1, 0.15) is 11.5 Å². The van der Waals surface area contributed by atoms with E-state index in [1.165, 1.54) is 4.52 Å². The van der Waals surface area contributed by atoms with E-state index in [4.69, 9.17) is 10.5 Å². The Labute approximate surface area is 116 Å². The average Bonchev–Trinajstić information content (AvgIpc) is 2.87. The molecule has 20 heavy (non-hydrogen) atoms. The molecule has 1 aromatic carbocycles. The Morgan fingerprint density at radius 2 is 1.95 bits per heavy atom. The number of fused-ring (bicyclic) bond motifs is 1. The van der Waals surface area contributed by atoms with Crippen molar-refractivity contribution in [1.29, 1.82) is 0 Å². The highest BCUT2D eigenvalue weighted by Crippen LogP contribution is 2.32. The lowest BCUT2D eigenvalue weighted by Gasteiger charge is -2.02. The lowest BCUT2D eigenvalue weighted by Crippen LogP contribution is -2.07. The van der Waals surface area contributed by atoms with Crippen LogP contribution in [0, 0.1) is 0 Å². The van der Waals surface area contributed by atoms with E-state index in [2.05, 4.69) is 15.1 Å². The van der Waals surface area contributed by atoms with Crippen LogP contribution in [0.15, 0.2) is 30.3 Å². The molecule has 0 aliphatic heterocycles. The Hall–Kier alpha value is -2.63. The highest BCUT2D eigenvalue weighted by molar-refractivity contribution is 5.75. The van der Waals surface area contributed by atoms with E-state index in [1.807, 2.05) is 37.3 Å². The summed E-state index contributed by atoms with van der Waals surface area (Å²) in [6.07, 6.45) is 0.704. The van der Waals surface area contributed by atoms with Gasteiger partial charge in [0.05, 0.1) is 7.11 Å². The van der Waals surface area contributed by atoms with Crippen LogP contribution in [0.5, 0.6) is 5.75 Å². The minimum absolute atomic E-state index is 0.312. The molecule has 102 valence electrons. The first kappa shape index (κ1) is 12.4. The van der Waals surface area contributed by atoms with E-state index in [0.29, 0.717) is 35.3 Å². The summed E-state index contributed by atoms with van der Waals surface area (Å²) < 4.78 is 6.99. The number of nitrogens with two attached hydrogens (primary N) is 1. The van der Waals surface area contributed by atoms with Gasteiger partial charge in [0.15, 0.2) is 5.75 Å². The maximum atomic E-state index is 5.94. The summed E-state index contributed by atoms with van der Waals surface area (Å²) in [6, 6.07) is 9.79. The molecule has 2 N–H and O–H groups in total. The fourth-order valence-corrected chi connectivity index (χ4v) is 2.11. The third kappa shape index (κ3) is 1.85. The fourth-order valence-electron chi connectivity index (χ4n) is 2.11. The largest absolute Gasteiger partial charge is 0.491 e. The number of aromatic nitrogens is 4. The molecule has 0 saturated heterocycles. The lowest BCUT2D eigenvalue weighted by molar-refractivity contribution is 0.420. The average molecular weight is 269 g/mol. The van der Waals surface area contributed by atoms with Gasteiger partial charge >= 0.3 is 0 Å². The van der Waals surface area contributed by atoms with Crippen LogP contribution in [0.4, 0.5) is 5.95 Å². The maximum absolute atomic E-state index is 5.94. The van der Waals surface area contributed by atoms with Gasteiger partial charge in [-0.25, -0.2) is 4.98 Å². The van der Waals surface area contributed by atoms with E-state index < -0.39 is 0 Å². The number of aryl methyl sites for hydroxylation is 1. The molecule has 0 radical (unpaired) electrons. The third-order valence-electron chi connectivity index (χ3n) is 3.08. The molecule has 3 aromatic rings. The minimum Gasteiger partial charge on any atom is -0.491 e. The van der Waals surface area contributed by atoms with Crippen LogP contribution in [0.1, 0.15) is 12.7 Å². The van der Waals surface area contributed by atoms with E-state index in [-0.39, 0.29) is 0 Å². The Morgan fingerprint density at radius 1 is 1.20 bits per heavy atom. The van der Waals surface area contributed by atoms with Gasteiger partial charge in [0.2, 0.25) is 11.6 Å². The topological polar surface area (TPSA) is 78.3 Å². The normalized spacial score (nSPS) is 10.9. The van der Waals surface area contributed by atoms with Gasteiger partial charge in [-0.2, -0.15) is 14.6 Å². The second-order valence-corrected chi connectivity index (χ2v) is 4.33. The quantitative estimate of drug-likeness (QED) is 0.786. The zero-order chi connectivity index (χ0) is 14.1. The number of nitrogen functional groups attached to an aromatic ring is 1. The first-order valence-electron chi connectivity index (χ1n) is 6.39. The third-order valence-corrected chi connectivity index (χ3v) is 3.08. The van der Waals surface area contributed by atoms with E-state index in [9.17, 15) is 0 Å². The summed E-state index contributed by atoms with van der Waals surface area (Å²) in [4.78, 5) is 8.67. The first-order chi connectivity index (χ1) is 9.74. The predicted molar refractivity (Wildman–Crippen MR) is 76.6 cm³/mol.